The van der Waals surface area contributed by atoms with E-state index in [0.717, 1.165) is 5.56 Å². The third-order valence-electron chi connectivity index (χ3n) is 3.36. The van der Waals surface area contributed by atoms with Crippen molar-refractivity contribution in [1.29, 1.82) is 0 Å². The number of benzene rings is 2. The van der Waals surface area contributed by atoms with E-state index in [0.29, 0.717) is 5.02 Å². The van der Waals surface area contributed by atoms with Crippen LogP contribution in [0.15, 0.2) is 42.5 Å². The number of nitro benzene ring substituents is 1. The minimum absolute atomic E-state index is 0.103. The molecular formula is C16H15ClN2O4. The Morgan fingerprint density at radius 3 is 2.61 bits per heavy atom. The van der Waals surface area contributed by atoms with Crippen LogP contribution in [-0.4, -0.2) is 17.9 Å². The molecule has 1 amide bonds. The molecule has 2 aromatic rings. The molecule has 0 heterocycles. The highest BCUT2D eigenvalue weighted by Gasteiger charge is 2.19. The number of halogens is 1. The van der Waals surface area contributed by atoms with Crippen LogP contribution in [0, 0.1) is 10.1 Å². The highest BCUT2D eigenvalue weighted by molar-refractivity contribution is 6.31. The van der Waals surface area contributed by atoms with Gasteiger partial charge < -0.3 is 10.1 Å². The molecule has 0 spiro atoms. The maximum absolute atomic E-state index is 12.3. The topological polar surface area (TPSA) is 81.5 Å². The molecule has 0 fully saturated rings. The van der Waals surface area contributed by atoms with Crippen molar-refractivity contribution in [3.63, 3.8) is 0 Å². The zero-order valence-electron chi connectivity index (χ0n) is 12.6. The molecule has 1 atom stereocenters. The number of carbonyl (C=O) groups is 1. The van der Waals surface area contributed by atoms with Gasteiger partial charge in [0.1, 0.15) is 0 Å². The molecule has 23 heavy (non-hydrogen) atoms. The Balaban J connectivity index is 2.22. The SMILES string of the molecule is COc1ccc(C(=O)NC(C)c2ccccc2Cl)cc1[N+](=O)[O-]. The van der Waals surface area contributed by atoms with Crippen molar-refractivity contribution in [2.75, 3.05) is 7.11 Å². The minimum Gasteiger partial charge on any atom is -0.490 e. The fourth-order valence-electron chi connectivity index (χ4n) is 2.16. The molecule has 0 aromatic heterocycles. The van der Waals surface area contributed by atoms with Crippen molar-refractivity contribution in [1.82, 2.24) is 5.32 Å². The van der Waals surface area contributed by atoms with Crippen molar-refractivity contribution < 1.29 is 14.5 Å². The molecule has 1 unspecified atom stereocenters. The molecule has 0 radical (unpaired) electrons. The molecule has 0 aliphatic heterocycles. The van der Waals surface area contributed by atoms with E-state index < -0.39 is 10.8 Å². The first-order valence-corrected chi connectivity index (χ1v) is 7.19. The van der Waals surface area contributed by atoms with Gasteiger partial charge in [-0.2, -0.15) is 0 Å². The number of carbonyl (C=O) groups excluding carboxylic acids is 1. The van der Waals surface area contributed by atoms with Crippen LogP contribution in [0.3, 0.4) is 0 Å². The molecule has 0 saturated carbocycles. The predicted octanol–water partition coefficient (Wildman–Crippen LogP) is 3.75. The first kappa shape index (κ1) is 16.8. The van der Waals surface area contributed by atoms with Crippen LogP contribution in [-0.2, 0) is 0 Å². The summed E-state index contributed by atoms with van der Waals surface area (Å²) >= 11 is 6.10. The Labute approximate surface area is 138 Å². The van der Waals surface area contributed by atoms with Gasteiger partial charge in [0.15, 0.2) is 5.75 Å². The average Bonchev–Trinajstić information content (AvgIpc) is 2.54. The maximum Gasteiger partial charge on any atom is 0.311 e. The van der Waals surface area contributed by atoms with Crippen LogP contribution >= 0.6 is 11.6 Å². The molecule has 0 aliphatic carbocycles. The molecule has 120 valence electrons. The maximum atomic E-state index is 12.3. The summed E-state index contributed by atoms with van der Waals surface area (Å²) in [4.78, 5) is 22.7. The number of hydrogen-bond donors (Lipinski definition) is 1. The van der Waals surface area contributed by atoms with E-state index in [1.54, 1.807) is 19.1 Å². The number of methoxy groups -OCH3 is 1. The van der Waals surface area contributed by atoms with Gasteiger partial charge in [-0.3, -0.25) is 14.9 Å². The lowest BCUT2D eigenvalue weighted by Crippen LogP contribution is -2.26. The fraction of sp³-hybridized carbons (Fsp3) is 0.188. The summed E-state index contributed by atoms with van der Waals surface area (Å²) in [5.74, 6) is -0.325. The second-order valence-corrected chi connectivity index (χ2v) is 5.27. The average molecular weight is 335 g/mol. The zero-order chi connectivity index (χ0) is 17.0. The standard InChI is InChI=1S/C16H15ClN2O4/c1-10(12-5-3-4-6-13(12)17)18-16(20)11-7-8-15(23-2)14(9-11)19(21)22/h3-10H,1-2H3,(H,18,20). The number of nitro groups is 1. The Bertz CT molecular complexity index is 749. The van der Waals surface area contributed by atoms with Crippen molar-refractivity contribution >= 4 is 23.2 Å². The second kappa shape index (κ2) is 7.11. The lowest BCUT2D eigenvalue weighted by molar-refractivity contribution is -0.385. The van der Waals surface area contributed by atoms with E-state index in [4.69, 9.17) is 16.3 Å². The highest BCUT2D eigenvalue weighted by atomic mass is 35.5. The number of rotatable bonds is 5. The monoisotopic (exact) mass is 334 g/mol. The number of nitrogens with one attached hydrogen (secondary N) is 1. The van der Waals surface area contributed by atoms with E-state index in [9.17, 15) is 14.9 Å². The summed E-state index contributed by atoms with van der Waals surface area (Å²) in [6.07, 6.45) is 0. The summed E-state index contributed by atoms with van der Waals surface area (Å²) in [5, 5.41) is 14.3. The predicted molar refractivity (Wildman–Crippen MR) is 87.0 cm³/mol. The van der Waals surface area contributed by atoms with Crippen LogP contribution in [0.1, 0.15) is 28.9 Å². The number of hydrogen-bond acceptors (Lipinski definition) is 4. The van der Waals surface area contributed by atoms with Crippen molar-refractivity contribution in [2.24, 2.45) is 0 Å². The summed E-state index contributed by atoms with van der Waals surface area (Å²) in [6.45, 7) is 1.79. The van der Waals surface area contributed by atoms with Crippen molar-refractivity contribution in [3.05, 3.63) is 68.7 Å². The Hall–Kier alpha value is -2.60. The van der Waals surface area contributed by atoms with Crippen molar-refractivity contribution in [2.45, 2.75) is 13.0 Å². The Kier molecular flexibility index (Phi) is 5.18. The Morgan fingerprint density at radius 1 is 1.30 bits per heavy atom. The van der Waals surface area contributed by atoms with E-state index >= 15 is 0 Å². The summed E-state index contributed by atoms with van der Waals surface area (Å²) < 4.78 is 4.92. The van der Waals surface area contributed by atoms with Crippen molar-refractivity contribution in [3.8, 4) is 5.75 Å². The molecule has 2 aromatic carbocycles. The van der Waals surface area contributed by atoms with Crippen LogP contribution in [0.25, 0.3) is 0 Å². The summed E-state index contributed by atoms with van der Waals surface area (Å²) in [5.41, 5.74) is 0.687. The summed E-state index contributed by atoms with van der Waals surface area (Å²) in [6, 6.07) is 10.9. The van der Waals surface area contributed by atoms with Gasteiger partial charge in [0.05, 0.1) is 18.1 Å². The van der Waals surface area contributed by atoms with Crippen LogP contribution in [0.4, 0.5) is 5.69 Å². The van der Waals surface area contributed by atoms with E-state index in [-0.39, 0.29) is 23.0 Å². The number of ether oxygens (including phenoxy) is 1. The molecule has 2 rings (SSSR count). The first-order valence-electron chi connectivity index (χ1n) is 6.81. The second-order valence-electron chi connectivity index (χ2n) is 4.86. The molecule has 0 saturated heterocycles. The third-order valence-corrected chi connectivity index (χ3v) is 3.70. The zero-order valence-corrected chi connectivity index (χ0v) is 13.3. The van der Waals surface area contributed by atoms with Gasteiger partial charge in [0.25, 0.3) is 5.91 Å². The number of amides is 1. The van der Waals surface area contributed by atoms with Gasteiger partial charge in [-0.1, -0.05) is 29.8 Å². The molecule has 6 nitrogen and oxygen atoms in total. The van der Waals surface area contributed by atoms with Gasteiger partial charge in [-0.25, -0.2) is 0 Å². The quantitative estimate of drug-likeness (QED) is 0.667. The molecule has 0 aliphatic rings. The largest absolute Gasteiger partial charge is 0.490 e. The molecular weight excluding hydrogens is 320 g/mol. The van der Waals surface area contributed by atoms with Crippen LogP contribution in [0.2, 0.25) is 5.02 Å². The van der Waals surface area contributed by atoms with Gasteiger partial charge >= 0.3 is 5.69 Å². The smallest absolute Gasteiger partial charge is 0.311 e. The molecule has 0 bridgehead atoms. The molecule has 7 heteroatoms. The van der Waals surface area contributed by atoms with E-state index in [1.165, 1.54) is 25.3 Å². The first-order chi connectivity index (χ1) is 10.9. The van der Waals surface area contributed by atoms with Crippen LogP contribution in [0.5, 0.6) is 5.75 Å². The van der Waals surface area contributed by atoms with Gasteiger partial charge in [-0.05, 0) is 30.7 Å². The lowest BCUT2D eigenvalue weighted by atomic mass is 10.1. The van der Waals surface area contributed by atoms with Gasteiger partial charge in [-0.15, -0.1) is 0 Å². The molecule has 1 N–H and O–H groups in total. The summed E-state index contributed by atoms with van der Waals surface area (Å²) in [7, 11) is 1.33. The van der Waals surface area contributed by atoms with E-state index in [2.05, 4.69) is 5.32 Å². The normalized spacial score (nSPS) is 11.6. The van der Waals surface area contributed by atoms with Gasteiger partial charge in [0.2, 0.25) is 0 Å². The lowest BCUT2D eigenvalue weighted by Gasteiger charge is -2.15. The third kappa shape index (κ3) is 3.78. The Morgan fingerprint density at radius 2 is 2.00 bits per heavy atom. The highest BCUT2D eigenvalue weighted by Crippen LogP contribution is 2.28. The fourth-order valence-corrected chi connectivity index (χ4v) is 2.46. The van der Waals surface area contributed by atoms with Gasteiger partial charge in [0, 0.05) is 16.7 Å². The van der Waals surface area contributed by atoms with Crippen LogP contribution < -0.4 is 10.1 Å². The number of nitrogens with zero attached hydrogens (tertiary/aromatic N) is 1. The van der Waals surface area contributed by atoms with E-state index in [1.807, 2.05) is 12.1 Å². The minimum atomic E-state index is -0.590.